The predicted molar refractivity (Wildman–Crippen MR) is 77.9 cm³/mol. The number of aromatic nitrogens is 2. The molecular formula is C14H26N4. The van der Waals surface area contributed by atoms with E-state index in [0.29, 0.717) is 11.9 Å². The van der Waals surface area contributed by atoms with Crippen LogP contribution in [-0.4, -0.2) is 22.6 Å². The van der Waals surface area contributed by atoms with Crippen LogP contribution in [0.4, 0.5) is 11.6 Å². The molecule has 0 fully saturated rings. The molecular weight excluding hydrogens is 224 g/mol. The smallest absolute Gasteiger partial charge is 0.137 e. The van der Waals surface area contributed by atoms with Crippen LogP contribution in [0.1, 0.15) is 51.4 Å². The van der Waals surface area contributed by atoms with Crippen molar-refractivity contribution in [3.05, 3.63) is 11.4 Å². The topological polar surface area (TPSA) is 55.0 Å². The highest BCUT2D eigenvalue weighted by atomic mass is 15.2. The van der Waals surface area contributed by atoms with Crippen molar-refractivity contribution in [1.82, 2.24) is 9.97 Å². The van der Waals surface area contributed by atoms with Gasteiger partial charge in [0, 0.05) is 18.2 Å². The van der Waals surface area contributed by atoms with E-state index in [1.54, 1.807) is 0 Å². The van der Waals surface area contributed by atoms with Crippen LogP contribution >= 0.6 is 0 Å². The van der Waals surface area contributed by atoms with Crippen LogP contribution in [0, 0.1) is 13.8 Å². The Kier molecular flexibility index (Phi) is 5.38. The van der Waals surface area contributed by atoms with E-state index < -0.39 is 0 Å². The van der Waals surface area contributed by atoms with E-state index in [1.807, 2.05) is 13.8 Å². The molecule has 0 bridgehead atoms. The summed E-state index contributed by atoms with van der Waals surface area (Å²) < 4.78 is 0. The number of rotatable bonds is 6. The minimum atomic E-state index is 0.476. The van der Waals surface area contributed by atoms with E-state index in [-0.39, 0.29) is 0 Å². The monoisotopic (exact) mass is 250 g/mol. The average molecular weight is 250 g/mol. The molecule has 0 saturated heterocycles. The summed E-state index contributed by atoms with van der Waals surface area (Å²) in [6.45, 7) is 11.6. The number of nitrogens with zero attached hydrogens (tertiary/aromatic N) is 3. The summed E-state index contributed by atoms with van der Waals surface area (Å²) in [6, 6.07) is 0.476. The lowest BCUT2D eigenvalue weighted by Crippen LogP contribution is -2.35. The van der Waals surface area contributed by atoms with Gasteiger partial charge in [0.05, 0.1) is 0 Å². The molecule has 0 aliphatic heterocycles. The average Bonchev–Trinajstić information content (AvgIpc) is 2.34. The molecule has 1 atom stereocenters. The van der Waals surface area contributed by atoms with Crippen LogP contribution in [-0.2, 0) is 0 Å². The predicted octanol–water partition coefficient (Wildman–Crippen LogP) is 3.08. The molecule has 1 rings (SSSR count). The highest BCUT2D eigenvalue weighted by Crippen LogP contribution is 2.24. The first-order valence-corrected chi connectivity index (χ1v) is 6.88. The fourth-order valence-electron chi connectivity index (χ4n) is 2.00. The molecule has 2 N–H and O–H groups in total. The fraction of sp³-hybridized carbons (Fsp3) is 0.714. The minimum Gasteiger partial charge on any atom is -0.383 e. The van der Waals surface area contributed by atoms with E-state index in [0.717, 1.165) is 30.2 Å². The quantitative estimate of drug-likeness (QED) is 0.843. The Bertz CT molecular complexity index is 390. The van der Waals surface area contributed by atoms with Gasteiger partial charge in [-0.05, 0) is 33.6 Å². The van der Waals surface area contributed by atoms with Gasteiger partial charge >= 0.3 is 0 Å². The van der Waals surface area contributed by atoms with E-state index in [4.69, 9.17) is 5.73 Å². The molecule has 0 saturated carbocycles. The Labute approximate surface area is 111 Å². The summed E-state index contributed by atoms with van der Waals surface area (Å²) >= 11 is 0. The van der Waals surface area contributed by atoms with Crippen molar-refractivity contribution in [2.75, 3.05) is 17.2 Å². The number of hydrogen-bond donors (Lipinski definition) is 1. The van der Waals surface area contributed by atoms with E-state index in [9.17, 15) is 0 Å². The second kappa shape index (κ2) is 6.57. The number of unbranched alkanes of at least 4 members (excludes halogenated alkanes) is 1. The van der Waals surface area contributed by atoms with Crippen molar-refractivity contribution in [2.45, 2.75) is 59.9 Å². The summed E-state index contributed by atoms with van der Waals surface area (Å²) in [4.78, 5) is 11.2. The largest absolute Gasteiger partial charge is 0.383 e. The van der Waals surface area contributed by atoms with Crippen molar-refractivity contribution >= 4 is 11.6 Å². The second-order valence-electron chi connectivity index (χ2n) is 4.91. The molecule has 0 amide bonds. The summed E-state index contributed by atoms with van der Waals surface area (Å²) in [6.07, 6.45) is 3.46. The van der Waals surface area contributed by atoms with Gasteiger partial charge in [0.15, 0.2) is 0 Å². The van der Waals surface area contributed by atoms with Crippen molar-refractivity contribution in [2.24, 2.45) is 0 Å². The summed E-state index contributed by atoms with van der Waals surface area (Å²) in [5.74, 6) is 2.35. The number of aryl methyl sites for hydroxylation is 1. The zero-order valence-electron chi connectivity index (χ0n) is 12.3. The third-order valence-corrected chi connectivity index (χ3v) is 3.42. The van der Waals surface area contributed by atoms with Gasteiger partial charge in [0.25, 0.3) is 0 Å². The molecule has 4 heteroatoms. The molecule has 18 heavy (non-hydrogen) atoms. The van der Waals surface area contributed by atoms with Crippen molar-refractivity contribution in [1.29, 1.82) is 0 Å². The number of nitrogens with two attached hydrogens (primary N) is 1. The first kappa shape index (κ1) is 14.7. The van der Waals surface area contributed by atoms with Crippen LogP contribution in [0.3, 0.4) is 0 Å². The van der Waals surface area contributed by atoms with Gasteiger partial charge in [-0.25, -0.2) is 9.97 Å². The van der Waals surface area contributed by atoms with Gasteiger partial charge in [0.2, 0.25) is 0 Å². The van der Waals surface area contributed by atoms with Gasteiger partial charge in [-0.3, -0.25) is 0 Å². The standard InChI is InChI=1S/C14H26N4/c1-6-8-9-18(10(3)7-2)14-11(4)13(15)16-12(5)17-14/h10H,6-9H2,1-5H3,(H2,15,16,17). The molecule has 0 aliphatic rings. The normalized spacial score (nSPS) is 12.5. The number of hydrogen-bond acceptors (Lipinski definition) is 4. The van der Waals surface area contributed by atoms with Gasteiger partial charge in [-0.1, -0.05) is 20.3 Å². The van der Waals surface area contributed by atoms with E-state index >= 15 is 0 Å². The van der Waals surface area contributed by atoms with Crippen LogP contribution in [0.15, 0.2) is 0 Å². The molecule has 0 aliphatic carbocycles. The van der Waals surface area contributed by atoms with Crippen LogP contribution in [0.5, 0.6) is 0 Å². The molecule has 0 radical (unpaired) electrons. The minimum absolute atomic E-state index is 0.476. The van der Waals surface area contributed by atoms with Crippen molar-refractivity contribution < 1.29 is 0 Å². The molecule has 0 spiro atoms. The molecule has 1 unspecified atom stereocenters. The van der Waals surface area contributed by atoms with Crippen LogP contribution < -0.4 is 10.6 Å². The Balaban J connectivity index is 3.11. The van der Waals surface area contributed by atoms with Gasteiger partial charge in [-0.15, -0.1) is 0 Å². The highest BCUT2D eigenvalue weighted by Gasteiger charge is 2.18. The zero-order valence-corrected chi connectivity index (χ0v) is 12.3. The van der Waals surface area contributed by atoms with E-state index in [1.165, 1.54) is 12.8 Å². The van der Waals surface area contributed by atoms with Gasteiger partial charge in [0.1, 0.15) is 17.5 Å². The first-order valence-electron chi connectivity index (χ1n) is 6.88. The third-order valence-electron chi connectivity index (χ3n) is 3.42. The molecule has 102 valence electrons. The fourth-order valence-corrected chi connectivity index (χ4v) is 2.00. The molecule has 0 aromatic carbocycles. The van der Waals surface area contributed by atoms with Gasteiger partial charge in [-0.2, -0.15) is 0 Å². The SMILES string of the molecule is CCCCN(c1nc(C)nc(N)c1C)C(C)CC. The molecule has 1 aromatic heterocycles. The first-order chi connectivity index (χ1) is 8.51. The summed E-state index contributed by atoms with van der Waals surface area (Å²) in [5.41, 5.74) is 6.95. The maximum Gasteiger partial charge on any atom is 0.137 e. The third kappa shape index (κ3) is 3.34. The lowest BCUT2D eigenvalue weighted by atomic mass is 10.1. The lowest BCUT2D eigenvalue weighted by Gasteiger charge is -2.31. The van der Waals surface area contributed by atoms with Crippen LogP contribution in [0.25, 0.3) is 0 Å². The lowest BCUT2D eigenvalue weighted by molar-refractivity contribution is 0.587. The maximum atomic E-state index is 5.95. The number of anilines is 2. The Morgan fingerprint density at radius 1 is 1.22 bits per heavy atom. The summed E-state index contributed by atoms with van der Waals surface area (Å²) in [5, 5.41) is 0. The summed E-state index contributed by atoms with van der Waals surface area (Å²) in [7, 11) is 0. The Hall–Kier alpha value is -1.32. The van der Waals surface area contributed by atoms with Crippen LogP contribution in [0.2, 0.25) is 0 Å². The van der Waals surface area contributed by atoms with Crippen molar-refractivity contribution in [3.8, 4) is 0 Å². The molecule has 1 aromatic rings. The molecule has 4 nitrogen and oxygen atoms in total. The Morgan fingerprint density at radius 3 is 2.44 bits per heavy atom. The van der Waals surface area contributed by atoms with E-state index in [2.05, 4.69) is 35.6 Å². The second-order valence-corrected chi connectivity index (χ2v) is 4.91. The Morgan fingerprint density at radius 2 is 1.89 bits per heavy atom. The highest BCUT2D eigenvalue weighted by molar-refractivity contribution is 5.56. The number of nitrogen functional groups attached to an aromatic ring is 1. The van der Waals surface area contributed by atoms with Crippen molar-refractivity contribution in [3.63, 3.8) is 0 Å². The molecule has 1 heterocycles. The maximum absolute atomic E-state index is 5.95. The van der Waals surface area contributed by atoms with Gasteiger partial charge < -0.3 is 10.6 Å². The zero-order chi connectivity index (χ0) is 13.7.